The zero-order valence-corrected chi connectivity index (χ0v) is 9.69. The van der Waals surface area contributed by atoms with Gasteiger partial charge in [-0.2, -0.15) is 5.10 Å². The molecule has 0 saturated carbocycles. The van der Waals surface area contributed by atoms with E-state index < -0.39 is 0 Å². The molecule has 4 heteroatoms. The van der Waals surface area contributed by atoms with Crippen LogP contribution in [0.5, 0.6) is 0 Å². The quantitative estimate of drug-likeness (QED) is 0.826. The van der Waals surface area contributed by atoms with E-state index in [2.05, 4.69) is 26.6 Å². The van der Waals surface area contributed by atoms with Gasteiger partial charge in [-0.05, 0) is 37.6 Å². The molecule has 4 nitrogen and oxygen atoms in total. The number of hydrogen-bond donors (Lipinski definition) is 2. The molecule has 0 radical (unpaired) electrons. The lowest BCUT2D eigenvalue weighted by Crippen LogP contribution is -2.28. The van der Waals surface area contributed by atoms with E-state index in [0.29, 0.717) is 5.92 Å². The smallest absolute Gasteiger partial charge is 0.111 e. The van der Waals surface area contributed by atoms with Gasteiger partial charge in [0, 0.05) is 24.4 Å². The van der Waals surface area contributed by atoms with E-state index >= 15 is 0 Å². The summed E-state index contributed by atoms with van der Waals surface area (Å²) in [6.45, 7) is 2.18. The molecule has 1 aliphatic rings. The maximum absolute atomic E-state index is 4.35. The zero-order chi connectivity index (χ0) is 11.5. The van der Waals surface area contributed by atoms with Gasteiger partial charge in [-0.3, -0.25) is 10.1 Å². The Labute approximate surface area is 100 Å². The highest BCUT2D eigenvalue weighted by atomic mass is 15.1. The third-order valence-electron chi connectivity index (χ3n) is 3.26. The Bertz CT molecular complexity index is 471. The van der Waals surface area contributed by atoms with E-state index in [9.17, 15) is 0 Å². The molecule has 1 unspecified atom stereocenters. The van der Waals surface area contributed by atoms with Gasteiger partial charge in [-0.1, -0.05) is 6.07 Å². The van der Waals surface area contributed by atoms with Crippen LogP contribution in [0.1, 0.15) is 24.5 Å². The van der Waals surface area contributed by atoms with Gasteiger partial charge in [-0.25, -0.2) is 0 Å². The first-order valence-corrected chi connectivity index (χ1v) is 6.11. The highest BCUT2D eigenvalue weighted by Crippen LogP contribution is 2.24. The number of aromatic nitrogens is 3. The second-order valence-electron chi connectivity index (χ2n) is 4.47. The first-order chi connectivity index (χ1) is 8.43. The predicted molar refractivity (Wildman–Crippen MR) is 66.7 cm³/mol. The molecule has 2 aromatic heterocycles. The van der Waals surface area contributed by atoms with Gasteiger partial charge in [0.1, 0.15) is 5.69 Å². The number of hydrogen-bond acceptors (Lipinski definition) is 3. The second kappa shape index (κ2) is 4.67. The number of aromatic amines is 1. The van der Waals surface area contributed by atoms with Crippen molar-refractivity contribution in [1.82, 2.24) is 20.5 Å². The van der Waals surface area contributed by atoms with Crippen molar-refractivity contribution < 1.29 is 0 Å². The van der Waals surface area contributed by atoms with Crippen molar-refractivity contribution in [2.45, 2.75) is 18.8 Å². The molecule has 3 heterocycles. The molecule has 1 saturated heterocycles. The van der Waals surface area contributed by atoms with Gasteiger partial charge in [0.15, 0.2) is 0 Å². The molecule has 1 aliphatic heterocycles. The minimum atomic E-state index is 0.564. The van der Waals surface area contributed by atoms with Gasteiger partial charge in [0.05, 0.1) is 5.69 Å². The Morgan fingerprint density at radius 1 is 1.24 bits per heavy atom. The monoisotopic (exact) mass is 228 g/mol. The maximum atomic E-state index is 4.35. The van der Waals surface area contributed by atoms with Crippen molar-refractivity contribution in [1.29, 1.82) is 0 Å². The normalized spacial score (nSPS) is 20.4. The van der Waals surface area contributed by atoms with Gasteiger partial charge in [-0.15, -0.1) is 0 Å². The summed E-state index contributed by atoms with van der Waals surface area (Å²) in [7, 11) is 0. The van der Waals surface area contributed by atoms with Crippen molar-refractivity contribution in [2.24, 2.45) is 0 Å². The van der Waals surface area contributed by atoms with E-state index in [-0.39, 0.29) is 0 Å². The summed E-state index contributed by atoms with van der Waals surface area (Å²) >= 11 is 0. The zero-order valence-electron chi connectivity index (χ0n) is 9.69. The third kappa shape index (κ3) is 2.22. The van der Waals surface area contributed by atoms with Crippen molar-refractivity contribution in [2.75, 3.05) is 13.1 Å². The Morgan fingerprint density at radius 3 is 3.00 bits per heavy atom. The highest BCUT2D eigenvalue weighted by molar-refractivity contribution is 5.53. The lowest BCUT2D eigenvalue weighted by Gasteiger charge is -2.21. The number of H-pyrrole nitrogens is 1. The fourth-order valence-corrected chi connectivity index (χ4v) is 2.31. The van der Waals surface area contributed by atoms with E-state index in [1.807, 2.05) is 18.2 Å². The third-order valence-corrected chi connectivity index (χ3v) is 3.26. The average Bonchev–Trinajstić information content (AvgIpc) is 2.90. The van der Waals surface area contributed by atoms with Crippen LogP contribution in [0.15, 0.2) is 30.5 Å². The van der Waals surface area contributed by atoms with E-state index in [4.69, 9.17) is 0 Å². The molecule has 0 spiro atoms. The Kier molecular flexibility index (Phi) is 2.88. The maximum Gasteiger partial charge on any atom is 0.111 e. The van der Waals surface area contributed by atoms with Gasteiger partial charge in [0.25, 0.3) is 0 Å². The SMILES string of the molecule is c1ccc(-c2cc(C3CCCNC3)[nH]n2)nc1. The first kappa shape index (κ1) is 10.5. The highest BCUT2D eigenvalue weighted by Gasteiger charge is 2.17. The molecular formula is C13H16N4. The van der Waals surface area contributed by atoms with Crippen LogP contribution in [0.4, 0.5) is 0 Å². The summed E-state index contributed by atoms with van der Waals surface area (Å²) < 4.78 is 0. The first-order valence-electron chi connectivity index (χ1n) is 6.11. The van der Waals surface area contributed by atoms with E-state index in [0.717, 1.165) is 24.5 Å². The van der Waals surface area contributed by atoms with Crippen molar-refractivity contribution in [3.63, 3.8) is 0 Å². The molecule has 2 aromatic rings. The van der Waals surface area contributed by atoms with Crippen molar-refractivity contribution in [3.8, 4) is 11.4 Å². The molecule has 1 atom stereocenters. The molecule has 0 aromatic carbocycles. The fourth-order valence-electron chi connectivity index (χ4n) is 2.31. The summed E-state index contributed by atoms with van der Waals surface area (Å²) in [4.78, 5) is 4.31. The van der Waals surface area contributed by atoms with Crippen LogP contribution in [0.25, 0.3) is 11.4 Å². The van der Waals surface area contributed by atoms with Gasteiger partial charge < -0.3 is 5.32 Å². The number of pyridine rings is 1. The molecule has 0 bridgehead atoms. The molecule has 0 amide bonds. The summed E-state index contributed by atoms with van der Waals surface area (Å²) in [5.41, 5.74) is 3.09. The number of piperidine rings is 1. The number of rotatable bonds is 2. The van der Waals surface area contributed by atoms with Crippen LogP contribution in [0.2, 0.25) is 0 Å². The van der Waals surface area contributed by atoms with Crippen LogP contribution >= 0.6 is 0 Å². The van der Waals surface area contributed by atoms with Crippen LogP contribution in [0.3, 0.4) is 0 Å². The van der Waals surface area contributed by atoms with Crippen molar-refractivity contribution in [3.05, 3.63) is 36.2 Å². The molecule has 17 heavy (non-hydrogen) atoms. The largest absolute Gasteiger partial charge is 0.316 e. The standard InChI is InChI=1S/C13H16N4/c1-2-7-15-11(5-1)13-8-12(16-17-13)10-4-3-6-14-9-10/h1-2,5,7-8,10,14H,3-4,6,9H2,(H,16,17). The van der Waals surface area contributed by atoms with Gasteiger partial charge >= 0.3 is 0 Å². The van der Waals surface area contributed by atoms with E-state index in [1.165, 1.54) is 18.5 Å². The summed E-state index contributed by atoms with van der Waals surface area (Å²) in [6.07, 6.45) is 4.27. The molecular weight excluding hydrogens is 212 g/mol. The lowest BCUT2D eigenvalue weighted by atomic mass is 9.96. The number of nitrogens with one attached hydrogen (secondary N) is 2. The number of nitrogens with zero attached hydrogens (tertiary/aromatic N) is 2. The molecule has 3 rings (SSSR count). The van der Waals surface area contributed by atoms with Crippen LogP contribution in [-0.4, -0.2) is 28.3 Å². The van der Waals surface area contributed by atoms with Crippen molar-refractivity contribution >= 4 is 0 Å². The fraction of sp³-hybridized carbons (Fsp3) is 0.385. The average molecular weight is 228 g/mol. The minimum Gasteiger partial charge on any atom is -0.316 e. The molecule has 1 fully saturated rings. The Hall–Kier alpha value is -1.68. The molecule has 0 aliphatic carbocycles. The molecule has 88 valence electrons. The van der Waals surface area contributed by atoms with Crippen LogP contribution in [0, 0.1) is 0 Å². The Morgan fingerprint density at radius 2 is 2.24 bits per heavy atom. The lowest BCUT2D eigenvalue weighted by molar-refractivity contribution is 0.454. The van der Waals surface area contributed by atoms with E-state index in [1.54, 1.807) is 6.20 Å². The van der Waals surface area contributed by atoms with Crippen LogP contribution in [-0.2, 0) is 0 Å². The summed E-state index contributed by atoms with van der Waals surface area (Å²) in [5, 5.41) is 10.9. The van der Waals surface area contributed by atoms with Gasteiger partial charge in [0.2, 0.25) is 0 Å². The second-order valence-corrected chi connectivity index (χ2v) is 4.47. The Balaban J connectivity index is 1.83. The topological polar surface area (TPSA) is 53.6 Å². The molecule has 2 N–H and O–H groups in total. The van der Waals surface area contributed by atoms with Crippen LogP contribution < -0.4 is 5.32 Å². The minimum absolute atomic E-state index is 0.564. The summed E-state index contributed by atoms with van der Waals surface area (Å²) in [6, 6.07) is 8.01. The summed E-state index contributed by atoms with van der Waals surface area (Å²) in [5.74, 6) is 0.564. The predicted octanol–water partition coefficient (Wildman–Crippen LogP) is 1.94.